The Hall–Kier alpha value is -2.48. The van der Waals surface area contributed by atoms with Gasteiger partial charge in [0.1, 0.15) is 11.5 Å². The summed E-state index contributed by atoms with van der Waals surface area (Å²) in [5.74, 6) is -0.318. The zero-order chi connectivity index (χ0) is 16.3. The first-order valence-electron chi connectivity index (χ1n) is 6.03. The number of halogens is 3. The van der Waals surface area contributed by atoms with Crippen molar-refractivity contribution in [2.75, 3.05) is 10.6 Å². The van der Waals surface area contributed by atoms with E-state index in [1.54, 1.807) is 0 Å². The number of benzene rings is 2. The molecule has 0 amide bonds. The van der Waals surface area contributed by atoms with Crippen LogP contribution in [0.5, 0.6) is 11.5 Å². The smallest absolute Gasteiger partial charge is 0.416 e. The zero-order valence-corrected chi connectivity index (χ0v) is 11.8. The monoisotopic (exact) mass is 328 g/mol. The molecule has 2 aromatic carbocycles. The molecule has 0 fully saturated rings. The van der Waals surface area contributed by atoms with Crippen LogP contribution in [0.4, 0.5) is 24.5 Å². The summed E-state index contributed by atoms with van der Waals surface area (Å²) in [4.78, 5) is 0. The topological polar surface area (TPSA) is 64.5 Å². The van der Waals surface area contributed by atoms with Crippen molar-refractivity contribution in [3.05, 3.63) is 48.0 Å². The first kappa shape index (κ1) is 15.9. The molecule has 4 N–H and O–H groups in total. The number of phenolic OH excluding ortho intramolecular Hbond substituents is 2. The van der Waals surface area contributed by atoms with Gasteiger partial charge in [-0.15, -0.1) is 0 Å². The number of aromatic hydroxyl groups is 2. The Morgan fingerprint density at radius 3 is 2.14 bits per heavy atom. The van der Waals surface area contributed by atoms with Crippen molar-refractivity contribution in [3.63, 3.8) is 0 Å². The van der Waals surface area contributed by atoms with E-state index in [-0.39, 0.29) is 22.3 Å². The fraction of sp³-hybridized carbons (Fsp3) is 0.0714. The molecule has 0 aliphatic rings. The Balaban J connectivity index is 2.03. The first-order valence-corrected chi connectivity index (χ1v) is 6.44. The fourth-order valence-corrected chi connectivity index (χ4v) is 1.88. The molecule has 0 atom stereocenters. The number of rotatable bonds is 2. The van der Waals surface area contributed by atoms with E-state index >= 15 is 0 Å². The van der Waals surface area contributed by atoms with Crippen molar-refractivity contribution in [1.82, 2.24) is 0 Å². The van der Waals surface area contributed by atoms with Crippen LogP contribution in [0, 0.1) is 0 Å². The van der Waals surface area contributed by atoms with Crippen molar-refractivity contribution >= 4 is 28.7 Å². The van der Waals surface area contributed by atoms with Crippen LogP contribution in [0.1, 0.15) is 5.56 Å². The quantitative estimate of drug-likeness (QED) is 0.382. The normalized spacial score (nSPS) is 11.0. The molecule has 116 valence electrons. The standard InChI is InChI=1S/C14H11F3N2O2S/c15-14(16,17)8-1-3-9(4-2-8)18-13(22)19-11-6-5-10(20)7-12(11)21/h1-7,20-21H,(H2,18,19,22). The lowest BCUT2D eigenvalue weighted by molar-refractivity contribution is -0.137. The Bertz CT molecular complexity index is 687. The maximum Gasteiger partial charge on any atom is 0.416 e. The van der Waals surface area contributed by atoms with Crippen molar-refractivity contribution in [2.24, 2.45) is 0 Å². The van der Waals surface area contributed by atoms with Crippen molar-refractivity contribution in [2.45, 2.75) is 6.18 Å². The predicted molar refractivity (Wildman–Crippen MR) is 81.1 cm³/mol. The molecule has 22 heavy (non-hydrogen) atoms. The second kappa shape index (κ2) is 6.10. The second-order valence-electron chi connectivity index (χ2n) is 4.36. The SMILES string of the molecule is Oc1ccc(NC(=S)Nc2ccc(C(F)(F)F)cc2)c(O)c1. The molecule has 2 aromatic rings. The maximum atomic E-state index is 12.4. The molecule has 0 heterocycles. The summed E-state index contributed by atoms with van der Waals surface area (Å²) < 4.78 is 37.3. The molecule has 0 unspecified atom stereocenters. The van der Waals surface area contributed by atoms with Gasteiger partial charge >= 0.3 is 6.18 Å². The van der Waals surface area contributed by atoms with Gasteiger partial charge in [0.05, 0.1) is 11.3 Å². The molecule has 0 spiro atoms. The van der Waals surface area contributed by atoms with Gasteiger partial charge in [0.15, 0.2) is 5.11 Å². The highest BCUT2D eigenvalue weighted by molar-refractivity contribution is 7.80. The molecule has 0 aliphatic carbocycles. The van der Waals surface area contributed by atoms with Gasteiger partial charge in [-0.2, -0.15) is 13.2 Å². The molecular weight excluding hydrogens is 317 g/mol. The van der Waals surface area contributed by atoms with Gasteiger partial charge in [-0.05, 0) is 48.6 Å². The van der Waals surface area contributed by atoms with Crippen LogP contribution in [0.2, 0.25) is 0 Å². The molecule has 0 saturated heterocycles. The minimum atomic E-state index is -4.39. The first-order chi connectivity index (χ1) is 10.3. The van der Waals surface area contributed by atoms with Crippen molar-refractivity contribution in [1.29, 1.82) is 0 Å². The van der Waals surface area contributed by atoms with Gasteiger partial charge in [-0.1, -0.05) is 0 Å². The van der Waals surface area contributed by atoms with E-state index in [1.807, 2.05) is 0 Å². The Kier molecular flexibility index (Phi) is 4.41. The number of hydrogen-bond donors (Lipinski definition) is 4. The Labute approximate surface area is 129 Å². The summed E-state index contributed by atoms with van der Waals surface area (Å²) in [6, 6.07) is 8.24. The third-order valence-electron chi connectivity index (χ3n) is 2.70. The van der Waals surface area contributed by atoms with Gasteiger partial charge < -0.3 is 20.8 Å². The lowest BCUT2D eigenvalue weighted by Crippen LogP contribution is -2.19. The molecule has 0 radical (unpaired) electrons. The minimum absolute atomic E-state index is 0.0840. The Morgan fingerprint density at radius 2 is 1.59 bits per heavy atom. The molecule has 4 nitrogen and oxygen atoms in total. The molecule has 2 rings (SSSR count). The summed E-state index contributed by atoms with van der Waals surface area (Å²) in [5.41, 5.74) is -0.140. The van der Waals surface area contributed by atoms with Gasteiger partial charge in [0.2, 0.25) is 0 Å². The number of hydrogen-bond acceptors (Lipinski definition) is 3. The number of anilines is 2. The summed E-state index contributed by atoms with van der Waals surface area (Å²) in [7, 11) is 0. The summed E-state index contributed by atoms with van der Waals surface area (Å²) in [5, 5.41) is 24.2. The number of nitrogens with one attached hydrogen (secondary N) is 2. The zero-order valence-electron chi connectivity index (χ0n) is 11.0. The molecule has 0 aromatic heterocycles. The van der Waals surface area contributed by atoms with Crippen LogP contribution >= 0.6 is 12.2 Å². The average molecular weight is 328 g/mol. The molecule has 0 aliphatic heterocycles. The van der Waals surface area contributed by atoms with Crippen LogP contribution in [-0.2, 0) is 6.18 Å². The van der Waals surface area contributed by atoms with Gasteiger partial charge in [-0.3, -0.25) is 0 Å². The highest BCUT2D eigenvalue weighted by atomic mass is 32.1. The minimum Gasteiger partial charge on any atom is -0.508 e. The highest BCUT2D eigenvalue weighted by Gasteiger charge is 2.29. The van der Waals surface area contributed by atoms with E-state index in [0.717, 1.165) is 18.2 Å². The van der Waals surface area contributed by atoms with E-state index < -0.39 is 11.7 Å². The Morgan fingerprint density at radius 1 is 0.955 bits per heavy atom. The third kappa shape index (κ3) is 4.01. The molecule has 0 bridgehead atoms. The number of phenols is 2. The highest BCUT2D eigenvalue weighted by Crippen LogP contribution is 2.30. The fourth-order valence-electron chi connectivity index (χ4n) is 1.65. The van der Waals surface area contributed by atoms with Crippen LogP contribution in [0.3, 0.4) is 0 Å². The van der Waals surface area contributed by atoms with E-state index in [1.165, 1.54) is 24.3 Å². The van der Waals surface area contributed by atoms with Crippen LogP contribution in [0.25, 0.3) is 0 Å². The van der Waals surface area contributed by atoms with Gasteiger partial charge in [0.25, 0.3) is 0 Å². The van der Waals surface area contributed by atoms with E-state index in [4.69, 9.17) is 12.2 Å². The van der Waals surface area contributed by atoms with Crippen molar-refractivity contribution < 1.29 is 23.4 Å². The van der Waals surface area contributed by atoms with Gasteiger partial charge in [-0.25, -0.2) is 0 Å². The number of thiocarbonyl (C=S) groups is 1. The van der Waals surface area contributed by atoms with Crippen LogP contribution in [-0.4, -0.2) is 15.3 Å². The van der Waals surface area contributed by atoms with Crippen LogP contribution in [0.15, 0.2) is 42.5 Å². The average Bonchev–Trinajstić information content (AvgIpc) is 2.41. The largest absolute Gasteiger partial charge is 0.508 e. The third-order valence-corrected chi connectivity index (χ3v) is 2.90. The predicted octanol–water partition coefficient (Wildman–Crippen LogP) is 3.93. The lowest BCUT2D eigenvalue weighted by atomic mass is 10.2. The van der Waals surface area contributed by atoms with Crippen LogP contribution < -0.4 is 10.6 Å². The summed E-state index contributed by atoms with van der Waals surface area (Å²) in [6.45, 7) is 0. The summed E-state index contributed by atoms with van der Waals surface area (Å²) >= 11 is 5.00. The van der Waals surface area contributed by atoms with E-state index in [0.29, 0.717) is 5.69 Å². The van der Waals surface area contributed by atoms with Crippen molar-refractivity contribution in [3.8, 4) is 11.5 Å². The van der Waals surface area contributed by atoms with Gasteiger partial charge in [0, 0.05) is 11.8 Å². The molecule has 8 heteroatoms. The lowest BCUT2D eigenvalue weighted by Gasteiger charge is -2.13. The molecule has 0 saturated carbocycles. The van der Waals surface area contributed by atoms with E-state index in [9.17, 15) is 23.4 Å². The number of alkyl halides is 3. The summed E-state index contributed by atoms with van der Waals surface area (Å²) in [6.07, 6.45) is -4.39. The second-order valence-corrected chi connectivity index (χ2v) is 4.76. The van der Waals surface area contributed by atoms with E-state index in [2.05, 4.69) is 10.6 Å². The maximum absolute atomic E-state index is 12.4. The molecular formula is C14H11F3N2O2S.